The first kappa shape index (κ1) is 15.8. The molecule has 3 N–H and O–H groups in total. The van der Waals surface area contributed by atoms with Gasteiger partial charge in [0.15, 0.2) is 17.4 Å². The predicted molar refractivity (Wildman–Crippen MR) is 85.1 cm³/mol. The van der Waals surface area contributed by atoms with Crippen molar-refractivity contribution in [2.75, 3.05) is 0 Å². The maximum Gasteiger partial charge on any atom is 0.179 e. The van der Waals surface area contributed by atoms with E-state index in [4.69, 9.17) is 15.7 Å². The highest BCUT2D eigenvalue weighted by Gasteiger charge is 2.15. The van der Waals surface area contributed by atoms with Crippen molar-refractivity contribution >= 4 is 37.7 Å². The molecule has 0 aliphatic rings. The molecule has 2 aromatic rings. The van der Waals surface area contributed by atoms with Gasteiger partial charge < -0.3 is 15.7 Å². The predicted octanol–water partition coefficient (Wildman–Crippen LogP) is 4.02. The molecule has 0 fully saturated rings. The summed E-state index contributed by atoms with van der Waals surface area (Å²) in [6.45, 7) is 0.236. The van der Waals surface area contributed by atoms with Crippen molar-refractivity contribution in [2.45, 2.75) is 6.61 Å². The van der Waals surface area contributed by atoms with Gasteiger partial charge >= 0.3 is 0 Å². The SMILES string of the molecule is N/C(=N/O)c1ccc(OCc2ccc(Br)cc2)c(F)c1Br. The summed E-state index contributed by atoms with van der Waals surface area (Å²) in [5.74, 6) is -0.698. The van der Waals surface area contributed by atoms with Crippen LogP contribution in [-0.4, -0.2) is 11.0 Å². The first-order valence-electron chi connectivity index (χ1n) is 5.86. The Balaban J connectivity index is 2.18. The van der Waals surface area contributed by atoms with Crippen molar-refractivity contribution in [1.82, 2.24) is 0 Å². The highest BCUT2D eigenvalue weighted by atomic mass is 79.9. The monoisotopic (exact) mass is 416 g/mol. The first-order chi connectivity index (χ1) is 10.0. The standard InChI is InChI=1S/C14H11Br2FN2O2/c15-9-3-1-8(2-4-9)7-21-11-6-5-10(14(18)19-20)12(16)13(11)17/h1-6,20H,7H2,(H2,18,19). The third-order valence-electron chi connectivity index (χ3n) is 2.74. The van der Waals surface area contributed by atoms with Crippen molar-refractivity contribution in [2.24, 2.45) is 10.9 Å². The molecule has 0 spiro atoms. The largest absolute Gasteiger partial charge is 0.486 e. The summed E-state index contributed by atoms with van der Waals surface area (Å²) in [7, 11) is 0. The highest BCUT2D eigenvalue weighted by molar-refractivity contribution is 9.10. The second-order valence-electron chi connectivity index (χ2n) is 4.14. The fourth-order valence-corrected chi connectivity index (χ4v) is 2.43. The zero-order valence-electron chi connectivity index (χ0n) is 10.7. The van der Waals surface area contributed by atoms with Crippen LogP contribution in [0.15, 0.2) is 50.5 Å². The lowest BCUT2D eigenvalue weighted by atomic mass is 10.2. The van der Waals surface area contributed by atoms with Crippen molar-refractivity contribution in [3.63, 3.8) is 0 Å². The minimum atomic E-state index is -0.601. The van der Waals surface area contributed by atoms with Gasteiger partial charge in [-0.3, -0.25) is 0 Å². The molecule has 0 atom stereocenters. The molecule has 2 aromatic carbocycles. The molecule has 0 bridgehead atoms. The number of nitrogens with two attached hydrogens (primary N) is 1. The van der Waals surface area contributed by atoms with E-state index >= 15 is 0 Å². The van der Waals surface area contributed by atoms with Gasteiger partial charge in [-0.2, -0.15) is 0 Å². The lowest BCUT2D eigenvalue weighted by molar-refractivity contribution is 0.289. The molecule has 0 aliphatic heterocycles. The van der Waals surface area contributed by atoms with Gasteiger partial charge in [0.05, 0.1) is 4.47 Å². The molecule has 0 heterocycles. The topological polar surface area (TPSA) is 67.8 Å². The fraction of sp³-hybridized carbons (Fsp3) is 0.0714. The number of oxime groups is 1. The van der Waals surface area contributed by atoms with Crippen LogP contribution in [-0.2, 0) is 6.61 Å². The molecular formula is C14H11Br2FN2O2. The zero-order valence-corrected chi connectivity index (χ0v) is 13.9. The van der Waals surface area contributed by atoms with Gasteiger partial charge in [0.1, 0.15) is 6.61 Å². The third kappa shape index (κ3) is 3.74. The van der Waals surface area contributed by atoms with E-state index in [0.717, 1.165) is 10.0 Å². The summed E-state index contributed by atoms with van der Waals surface area (Å²) < 4.78 is 20.7. The van der Waals surface area contributed by atoms with E-state index in [-0.39, 0.29) is 28.2 Å². The second-order valence-corrected chi connectivity index (χ2v) is 5.85. The Morgan fingerprint density at radius 3 is 2.48 bits per heavy atom. The van der Waals surface area contributed by atoms with Crippen LogP contribution in [0.4, 0.5) is 4.39 Å². The van der Waals surface area contributed by atoms with Crippen LogP contribution in [0.25, 0.3) is 0 Å². The molecule has 0 radical (unpaired) electrons. The van der Waals surface area contributed by atoms with Gasteiger partial charge in [-0.15, -0.1) is 0 Å². The summed E-state index contributed by atoms with van der Waals surface area (Å²) in [4.78, 5) is 0. The normalized spacial score (nSPS) is 11.5. The molecule has 0 amide bonds. The molecule has 7 heteroatoms. The molecule has 2 rings (SSSR count). The third-order valence-corrected chi connectivity index (χ3v) is 4.04. The Morgan fingerprint density at radius 2 is 1.86 bits per heavy atom. The quantitative estimate of drug-likeness (QED) is 0.341. The van der Waals surface area contributed by atoms with Crippen LogP contribution in [0.5, 0.6) is 5.75 Å². The van der Waals surface area contributed by atoms with Crippen LogP contribution < -0.4 is 10.5 Å². The van der Waals surface area contributed by atoms with E-state index < -0.39 is 5.82 Å². The van der Waals surface area contributed by atoms with E-state index in [1.165, 1.54) is 12.1 Å². The smallest absolute Gasteiger partial charge is 0.179 e. The molecule has 110 valence electrons. The van der Waals surface area contributed by atoms with E-state index in [0.29, 0.717) is 0 Å². The highest BCUT2D eigenvalue weighted by Crippen LogP contribution is 2.29. The van der Waals surface area contributed by atoms with E-state index in [1.807, 2.05) is 24.3 Å². The maximum atomic E-state index is 14.2. The van der Waals surface area contributed by atoms with Gasteiger partial charge in [0.25, 0.3) is 0 Å². The number of nitrogens with zero attached hydrogens (tertiary/aromatic N) is 1. The number of rotatable bonds is 4. The lowest BCUT2D eigenvalue weighted by Gasteiger charge is -2.10. The second kappa shape index (κ2) is 6.91. The van der Waals surface area contributed by atoms with Crippen molar-refractivity contribution < 1.29 is 14.3 Å². The summed E-state index contributed by atoms with van der Waals surface area (Å²) in [6.07, 6.45) is 0. The number of ether oxygens (including phenoxy) is 1. The average molecular weight is 418 g/mol. The minimum absolute atomic E-state index is 0.0827. The Labute approximate surface area is 137 Å². The Morgan fingerprint density at radius 1 is 1.19 bits per heavy atom. The van der Waals surface area contributed by atoms with E-state index in [2.05, 4.69) is 37.0 Å². The molecule has 0 saturated carbocycles. The molecule has 21 heavy (non-hydrogen) atoms. The summed E-state index contributed by atoms with van der Waals surface area (Å²) in [5.41, 5.74) is 6.62. The van der Waals surface area contributed by atoms with Crippen molar-refractivity contribution in [1.29, 1.82) is 0 Å². The van der Waals surface area contributed by atoms with E-state index in [1.54, 1.807) is 0 Å². The van der Waals surface area contributed by atoms with Gasteiger partial charge in [0.2, 0.25) is 0 Å². The number of hydrogen-bond acceptors (Lipinski definition) is 3. The van der Waals surface area contributed by atoms with Gasteiger partial charge in [-0.1, -0.05) is 33.2 Å². The van der Waals surface area contributed by atoms with Crippen molar-refractivity contribution in [3.05, 3.63) is 62.3 Å². The van der Waals surface area contributed by atoms with Crippen molar-refractivity contribution in [3.8, 4) is 5.75 Å². The number of benzene rings is 2. The number of hydrogen-bond donors (Lipinski definition) is 2. The molecule has 0 aromatic heterocycles. The van der Waals surface area contributed by atoms with Crippen LogP contribution in [0, 0.1) is 5.82 Å². The maximum absolute atomic E-state index is 14.2. The average Bonchev–Trinajstić information content (AvgIpc) is 2.49. The number of amidine groups is 1. The first-order valence-corrected chi connectivity index (χ1v) is 7.44. The summed E-state index contributed by atoms with van der Waals surface area (Å²) in [6, 6.07) is 10.5. The Hall–Kier alpha value is -1.60. The van der Waals surface area contributed by atoms with Crippen LogP contribution >= 0.6 is 31.9 Å². The van der Waals surface area contributed by atoms with Crippen LogP contribution in [0.1, 0.15) is 11.1 Å². The van der Waals surface area contributed by atoms with Crippen LogP contribution in [0.3, 0.4) is 0 Å². The summed E-state index contributed by atoms with van der Waals surface area (Å²) >= 11 is 6.42. The molecule has 4 nitrogen and oxygen atoms in total. The zero-order chi connectivity index (χ0) is 15.4. The summed E-state index contributed by atoms with van der Waals surface area (Å²) in [5, 5.41) is 11.5. The lowest BCUT2D eigenvalue weighted by Crippen LogP contribution is -2.14. The molecule has 0 unspecified atom stereocenters. The van der Waals surface area contributed by atoms with Gasteiger partial charge in [-0.05, 0) is 45.8 Å². The van der Waals surface area contributed by atoms with Gasteiger partial charge in [-0.25, -0.2) is 4.39 Å². The number of halogens is 3. The Bertz CT molecular complexity index is 675. The van der Waals surface area contributed by atoms with E-state index in [9.17, 15) is 4.39 Å². The molecular weight excluding hydrogens is 407 g/mol. The fourth-order valence-electron chi connectivity index (χ4n) is 1.64. The van der Waals surface area contributed by atoms with Gasteiger partial charge in [0, 0.05) is 10.0 Å². The molecule has 0 aliphatic carbocycles. The minimum Gasteiger partial charge on any atom is -0.486 e. The van der Waals surface area contributed by atoms with Crippen LogP contribution in [0.2, 0.25) is 0 Å². The Kier molecular flexibility index (Phi) is 5.19. The molecule has 0 saturated heterocycles.